The average Bonchev–Trinajstić information content (AvgIpc) is 3.12. The lowest BCUT2D eigenvalue weighted by Crippen LogP contribution is -2.44. The quantitative estimate of drug-likeness (QED) is 0.895. The number of amides is 1. The van der Waals surface area contributed by atoms with Gasteiger partial charge in [-0.05, 0) is 43.7 Å². The summed E-state index contributed by atoms with van der Waals surface area (Å²) in [6, 6.07) is 1.37. The monoisotopic (exact) mass is 334 g/mol. The number of aryl methyl sites for hydroxylation is 1. The van der Waals surface area contributed by atoms with Crippen LogP contribution in [0.25, 0.3) is 0 Å². The third kappa shape index (κ3) is 3.05. The molecule has 1 aromatic heterocycles. The summed E-state index contributed by atoms with van der Waals surface area (Å²) in [6.07, 6.45) is 5.05. The molecule has 24 heavy (non-hydrogen) atoms. The van der Waals surface area contributed by atoms with Crippen LogP contribution in [-0.4, -0.2) is 68.8 Å². The number of aliphatic carboxylic acids is 1. The second-order valence-corrected chi connectivity index (χ2v) is 7.16. The van der Waals surface area contributed by atoms with Crippen molar-refractivity contribution < 1.29 is 14.7 Å². The molecular weight excluding hydrogens is 308 g/mol. The first-order valence-electron chi connectivity index (χ1n) is 8.70. The van der Waals surface area contributed by atoms with Gasteiger partial charge in [0, 0.05) is 32.9 Å². The number of hydrogen-bond acceptors (Lipinski definition) is 4. The number of carbonyl (C=O) groups is 2. The molecule has 7 heteroatoms. The van der Waals surface area contributed by atoms with E-state index in [1.807, 2.05) is 4.90 Å². The van der Waals surface area contributed by atoms with Crippen molar-refractivity contribution in [3.63, 3.8) is 0 Å². The SMILES string of the molecule is CCCN1CC2(CCN(C(=O)c3ccnn3C)CC2)C[C@H]1C(=O)O. The van der Waals surface area contributed by atoms with Crippen LogP contribution < -0.4 is 0 Å². The summed E-state index contributed by atoms with van der Waals surface area (Å²) < 4.78 is 1.60. The van der Waals surface area contributed by atoms with E-state index in [9.17, 15) is 14.7 Å². The molecule has 132 valence electrons. The molecule has 1 amide bonds. The van der Waals surface area contributed by atoms with Gasteiger partial charge in [0.2, 0.25) is 0 Å². The standard InChI is InChI=1S/C17H26N4O3/c1-3-8-21-12-17(11-14(21)16(23)24)5-9-20(10-6-17)15(22)13-4-7-18-19(13)2/h4,7,14H,3,5-6,8-12H2,1-2H3,(H,23,24)/t14-/m0/s1. The summed E-state index contributed by atoms with van der Waals surface area (Å²) in [4.78, 5) is 28.1. The minimum absolute atomic E-state index is 0.0167. The summed E-state index contributed by atoms with van der Waals surface area (Å²) in [7, 11) is 1.77. The molecule has 1 aromatic rings. The third-order valence-corrected chi connectivity index (χ3v) is 5.55. The summed E-state index contributed by atoms with van der Waals surface area (Å²) in [6.45, 7) is 5.13. The second kappa shape index (κ2) is 6.55. The highest BCUT2D eigenvalue weighted by Gasteiger charge is 2.48. The van der Waals surface area contributed by atoms with Crippen LogP contribution >= 0.6 is 0 Å². The minimum Gasteiger partial charge on any atom is -0.480 e. The zero-order valence-electron chi connectivity index (χ0n) is 14.4. The molecule has 7 nitrogen and oxygen atoms in total. The number of carboxylic acid groups (broad SMARTS) is 1. The summed E-state index contributed by atoms with van der Waals surface area (Å²) in [5.41, 5.74) is 0.648. The predicted octanol–water partition coefficient (Wildman–Crippen LogP) is 1.21. The van der Waals surface area contributed by atoms with E-state index < -0.39 is 5.97 Å². The number of likely N-dealkylation sites (tertiary alicyclic amines) is 2. The first kappa shape index (κ1) is 17.0. The summed E-state index contributed by atoms with van der Waals surface area (Å²) in [5, 5.41) is 13.6. The van der Waals surface area contributed by atoms with Gasteiger partial charge in [0.25, 0.3) is 5.91 Å². The van der Waals surface area contributed by atoms with E-state index in [0.29, 0.717) is 25.2 Å². The average molecular weight is 334 g/mol. The Morgan fingerprint density at radius 3 is 2.62 bits per heavy atom. The second-order valence-electron chi connectivity index (χ2n) is 7.16. The van der Waals surface area contributed by atoms with Crippen molar-refractivity contribution in [1.82, 2.24) is 19.6 Å². The first-order valence-corrected chi connectivity index (χ1v) is 8.70. The van der Waals surface area contributed by atoms with Gasteiger partial charge in [0.05, 0.1) is 0 Å². The van der Waals surface area contributed by atoms with Crippen molar-refractivity contribution in [3.05, 3.63) is 18.0 Å². The lowest BCUT2D eigenvalue weighted by Gasteiger charge is -2.39. The molecule has 0 radical (unpaired) electrons. The van der Waals surface area contributed by atoms with E-state index in [1.165, 1.54) is 0 Å². The molecular formula is C17H26N4O3. The Kier molecular flexibility index (Phi) is 4.62. The summed E-state index contributed by atoms with van der Waals surface area (Å²) >= 11 is 0. The Morgan fingerprint density at radius 2 is 2.08 bits per heavy atom. The highest BCUT2D eigenvalue weighted by atomic mass is 16.4. The lowest BCUT2D eigenvalue weighted by atomic mass is 9.76. The maximum atomic E-state index is 12.6. The molecule has 3 heterocycles. The molecule has 0 aromatic carbocycles. The highest BCUT2D eigenvalue weighted by molar-refractivity contribution is 5.92. The Bertz CT molecular complexity index is 619. The zero-order chi connectivity index (χ0) is 17.3. The Hall–Kier alpha value is -1.89. The van der Waals surface area contributed by atoms with Crippen LogP contribution in [0.5, 0.6) is 0 Å². The molecule has 1 atom stereocenters. The van der Waals surface area contributed by atoms with Crippen LogP contribution in [0.1, 0.15) is 43.1 Å². The minimum atomic E-state index is -0.714. The van der Waals surface area contributed by atoms with E-state index in [-0.39, 0.29) is 17.4 Å². The Balaban J connectivity index is 1.65. The molecule has 1 spiro atoms. The molecule has 2 aliphatic heterocycles. The third-order valence-electron chi connectivity index (χ3n) is 5.55. The van der Waals surface area contributed by atoms with Gasteiger partial charge in [-0.3, -0.25) is 19.2 Å². The van der Waals surface area contributed by atoms with Crippen LogP contribution in [0, 0.1) is 5.41 Å². The van der Waals surface area contributed by atoms with E-state index in [0.717, 1.165) is 32.4 Å². The fourth-order valence-corrected chi connectivity index (χ4v) is 4.20. The number of aromatic nitrogens is 2. The fraction of sp³-hybridized carbons (Fsp3) is 0.706. The van der Waals surface area contributed by atoms with Gasteiger partial charge in [0.15, 0.2) is 0 Å². The van der Waals surface area contributed by atoms with Crippen molar-refractivity contribution in [3.8, 4) is 0 Å². The molecule has 2 saturated heterocycles. The van der Waals surface area contributed by atoms with Crippen molar-refractivity contribution in [2.24, 2.45) is 12.5 Å². The molecule has 1 N–H and O–H groups in total. The van der Waals surface area contributed by atoms with E-state index >= 15 is 0 Å². The number of nitrogens with zero attached hydrogens (tertiary/aromatic N) is 4. The van der Waals surface area contributed by atoms with Gasteiger partial charge in [-0.2, -0.15) is 5.10 Å². The molecule has 2 fully saturated rings. The zero-order valence-corrected chi connectivity index (χ0v) is 14.4. The largest absolute Gasteiger partial charge is 0.480 e. The fourth-order valence-electron chi connectivity index (χ4n) is 4.20. The van der Waals surface area contributed by atoms with E-state index in [4.69, 9.17) is 0 Å². The van der Waals surface area contributed by atoms with E-state index in [1.54, 1.807) is 24.0 Å². The van der Waals surface area contributed by atoms with Gasteiger partial charge >= 0.3 is 5.97 Å². The maximum Gasteiger partial charge on any atom is 0.320 e. The Morgan fingerprint density at radius 1 is 1.38 bits per heavy atom. The summed E-state index contributed by atoms with van der Waals surface area (Å²) in [5.74, 6) is -0.697. The van der Waals surface area contributed by atoms with Gasteiger partial charge in [-0.25, -0.2) is 0 Å². The van der Waals surface area contributed by atoms with Crippen molar-refractivity contribution in [2.75, 3.05) is 26.2 Å². The Labute approximate surface area is 142 Å². The van der Waals surface area contributed by atoms with Gasteiger partial charge in [-0.15, -0.1) is 0 Å². The van der Waals surface area contributed by atoms with Crippen molar-refractivity contribution in [2.45, 2.75) is 38.6 Å². The van der Waals surface area contributed by atoms with Gasteiger partial charge in [0.1, 0.15) is 11.7 Å². The molecule has 3 rings (SSSR count). The van der Waals surface area contributed by atoms with E-state index in [2.05, 4.69) is 16.9 Å². The van der Waals surface area contributed by atoms with Crippen LogP contribution in [-0.2, 0) is 11.8 Å². The number of piperidine rings is 1. The number of carboxylic acids is 1. The van der Waals surface area contributed by atoms with Gasteiger partial charge in [-0.1, -0.05) is 6.92 Å². The van der Waals surface area contributed by atoms with Gasteiger partial charge < -0.3 is 10.0 Å². The van der Waals surface area contributed by atoms with Crippen molar-refractivity contribution in [1.29, 1.82) is 0 Å². The normalized spacial score (nSPS) is 23.8. The first-order chi connectivity index (χ1) is 11.5. The number of hydrogen-bond donors (Lipinski definition) is 1. The number of carbonyl (C=O) groups excluding carboxylic acids is 1. The van der Waals surface area contributed by atoms with Crippen LogP contribution in [0.4, 0.5) is 0 Å². The number of rotatable bonds is 4. The smallest absolute Gasteiger partial charge is 0.320 e. The molecule has 0 unspecified atom stereocenters. The predicted molar refractivity (Wildman–Crippen MR) is 88.7 cm³/mol. The molecule has 0 bridgehead atoms. The maximum absolute atomic E-state index is 12.6. The highest BCUT2D eigenvalue weighted by Crippen LogP contribution is 2.43. The van der Waals surface area contributed by atoms with Crippen LogP contribution in [0.15, 0.2) is 12.3 Å². The van der Waals surface area contributed by atoms with Crippen LogP contribution in [0.2, 0.25) is 0 Å². The topological polar surface area (TPSA) is 78.7 Å². The van der Waals surface area contributed by atoms with Crippen molar-refractivity contribution >= 4 is 11.9 Å². The molecule has 2 aliphatic rings. The lowest BCUT2D eigenvalue weighted by molar-refractivity contribution is -0.142. The molecule has 0 saturated carbocycles. The molecule has 0 aliphatic carbocycles. The van der Waals surface area contributed by atoms with Crippen LogP contribution in [0.3, 0.4) is 0 Å².